The minimum atomic E-state index is -3.56. The normalized spacial score (nSPS) is 17.6. The second kappa shape index (κ2) is 9.47. The van der Waals surface area contributed by atoms with E-state index in [1.54, 1.807) is 17.5 Å². The molecular weight excluding hydrogens is 417 g/mol. The Hall–Kier alpha value is -2.30. The van der Waals surface area contributed by atoms with Crippen LogP contribution in [0.5, 0.6) is 0 Å². The molecule has 1 aromatic heterocycles. The van der Waals surface area contributed by atoms with Crippen LogP contribution in [0, 0.1) is 5.82 Å². The molecule has 2 amide bonds. The SMILES string of the molecule is O=C(NCC[C@H]1CCCCN1S(=O)(=O)c1cccs1)C(=O)Nc1cccc(F)c1. The summed E-state index contributed by atoms with van der Waals surface area (Å²) >= 11 is 1.18. The molecule has 0 unspecified atom stereocenters. The molecule has 0 saturated carbocycles. The Morgan fingerprint density at radius 2 is 2.00 bits per heavy atom. The molecule has 1 aliphatic rings. The molecule has 10 heteroatoms. The highest BCUT2D eigenvalue weighted by atomic mass is 32.2. The number of thiophene rings is 1. The van der Waals surface area contributed by atoms with Crippen molar-refractivity contribution in [1.82, 2.24) is 9.62 Å². The summed E-state index contributed by atoms with van der Waals surface area (Å²) in [7, 11) is -3.56. The van der Waals surface area contributed by atoms with Gasteiger partial charge in [-0.15, -0.1) is 11.3 Å². The Balaban J connectivity index is 1.54. The summed E-state index contributed by atoms with van der Waals surface area (Å²) in [5, 5.41) is 6.56. The van der Waals surface area contributed by atoms with Gasteiger partial charge in [-0.1, -0.05) is 18.6 Å². The van der Waals surface area contributed by atoms with Crippen LogP contribution in [0.15, 0.2) is 46.0 Å². The largest absolute Gasteiger partial charge is 0.348 e. The van der Waals surface area contributed by atoms with Crippen molar-refractivity contribution in [2.45, 2.75) is 35.9 Å². The van der Waals surface area contributed by atoms with Crippen LogP contribution in [0.1, 0.15) is 25.7 Å². The van der Waals surface area contributed by atoms with E-state index in [0.717, 1.165) is 18.9 Å². The van der Waals surface area contributed by atoms with Crippen molar-refractivity contribution in [1.29, 1.82) is 0 Å². The van der Waals surface area contributed by atoms with E-state index in [9.17, 15) is 22.4 Å². The predicted molar refractivity (Wildman–Crippen MR) is 109 cm³/mol. The summed E-state index contributed by atoms with van der Waals surface area (Å²) in [6.45, 7) is 0.607. The zero-order chi connectivity index (χ0) is 20.9. The number of halogens is 1. The maximum atomic E-state index is 13.2. The van der Waals surface area contributed by atoms with Crippen molar-refractivity contribution in [3.8, 4) is 0 Å². The summed E-state index contributed by atoms with van der Waals surface area (Å²) in [6.07, 6.45) is 2.82. The fourth-order valence-electron chi connectivity index (χ4n) is 3.29. The summed E-state index contributed by atoms with van der Waals surface area (Å²) in [5.74, 6) is -2.27. The number of rotatable bonds is 6. The molecule has 1 aromatic carbocycles. The van der Waals surface area contributed by atoms with Crippen molar-refractivity contribution < 1.29 is 22.4 Å². The van der Waals surface area contributed by atoms with Crippen LogP contribution in [0.25, 0.3) is 0 Å². The Morgan fingerprint density at radius 3 is 2.72 bits per heavy atom. The van der Waals surface area contributed by atoms with Gasteiger partial charge in [-0.3, -0.25) is 9.59 Å². The highest BCUT2D eigenvalue weighted by Crippen LogP contribution is 2.29. The molecule has 1 fully saturated rings. The second-order valence-corrected chi connectivity index (χ2v) is 9.77. The molecule has 1 aliphatic heterocycles. The molecule has 29 heavy (non-hydrogen) atoms. The van der Waals surface area contributed by atoms with Crippen LogP contribution in [0.2, 0.25) is 0 Å². The van der Waals surface area contributed by atoms with E-state index < -0.39 is 27.7 Å². The van der Waals surface area contributed by atoms with Crippen molar-refractivity contribution in [2.24, 2.45) is 0 Å². The lowest BCUT2D eigenvalue weighted by Gasteiger charge is -2.34. The fourth-order valence-corrected chi connectivity index (χ4v) is 6.13. The minimum Gasteiger partial charge on any atom is -0.348 e. The van der Waals surface area contributed by atoms with Crippen molar-refractivity contribution in [3.05, 3.63) is 47.6 Å². The van der Waals surface area contributed by atoms with E-state index >= 15 is 0 Å². The zero-order valence-corrected chi connectivity index (χ0v) is 17.3. The third-order valence-corrected chi connectivity index (χ3v) is 8.01. The number of carbonyl (C=O) groups is 2. The molecule has 3 rings (SSSR count). The number of benzene rings is 1. The number of anilines is 1. The van der Waals surface area contributed by atoms with Gasteiger partial charge in [-0.05, 0) is 48.9 Å². The number of carbonyl (C=O) groups excluding carboxylic acids is 2. The zero-order valence-electron chi connectivity index (χ0n) is 15.6. The summed E-state index contributed by atoms with van der Waals surface area (Å²) in [5.41, 5.74) is 0.186. The van der Waals surface area contributed by atoms with E-state index in [-0.39, 0.29) is 18.3 Å². The first-order chi connectivity index (χ1) is 13.9. The number of sulfonamides is 1. The summed E-state index contributed by atoms with van der Waals surface area (Å²) in [4.78, 5) is 23.9. The molecule has 2 N–H and O–H groups in total. The molecule has 2 heterocycles. The first kappa shape index (κ1) is 21.4. The Kier molecular flexibility index (Phi) is 6.99. The van der Waals surface area contributed by atoms with Crippen molar-refractivity contribution in [3.63, 3.8) is 0 Å². The highest BCUT2D eigenvalue weighted by molar-refractivity contribution is 7.91. The lowest BCUT2D eigenvalue weighted by molar-refractivity contribution is -0.136. The third-order valence-electron chi connectivity index (χ3n) is 4.68. The fraction of sp³-hybridized carbons (Fsp3) is 0.368. The van der Waals surface area contributed by atoms with E-state index in [1.165, 1.54) is 33.8 Å². The number of amides is 2. The summed E-state index contributed by atoms with van der Waals surface area (Å²) < 4.78 is 40.7. The van der Waals surface area contributed by atoms with E-state index in [4.69, 9.17) is 0 Å². The van der Waals surface area contributed by atoms with Crippen LogP contribution < -0.4 is 10.6 Å². The van der Waals surface area contributed by atoms with Gasteiger partial charge in [0.1, 0.15) is 10.0 Å². The summed E-state index contributed by atoms with van der Waals surface area (Å²) in [6, 6.07) is 8.30. The smallest absolute Gasteiger partial charge is 0.313 e. The molecule has 1 atom stereocenters. The first-order valence-corrected chi connectivity index (χ1v) is 11.6. The van der Waals surface area contributed by atoms with Gasteiger partial charge in [0.15, 0.2) is 0 Å². The molecule has 0 spiro atoms. The van der Waals surface area contributed by atoms with Crippen LogP contribution in [0.3, 0.4) is 0 Å². The van der Waals surface area contributed by atoms with Crippen LogP contribution in [-0.2, 0) is 19.6 Å². The Morgan fingerprint density at radius 1 is 1.17 bits per heavy atom. The Bertz CT molecular complexity index is 964. The van der Waals surface area contributed by atoms with Gasteiger partial charge in [0.2, 0.25) is 0 Å². The first-order valence-electron chi connectivity index (χ1n) is 9.28. The second-order valence-electron chi connectivity index (χ2n) is 6.71. The molecular formula is C19H22FN3O4S2. The lowest BCUT2D eigenvalue weighted by atomic mass is 10.0. The van der Waals surface area contributed by atoms with Crippen LogP contribution >= 0.6 is 11.3 Å². The topological polar surface area (TPSA) is 95.6 Å². The van der Waals surface area contributed by atoms with E-state index in [1.807, 2.05) is 0 Å². The Labute approximate surface area is 173 Å². The lowest BCUT2D eigenvalue weighted by Crippen LogP contribution is -2.45. The molecule has 1 saturated heterocycles. The third kappa shape index (κ3) is 5.40. The van der Waals surface area contributed by atoms with Crippen LogP contribution in [-0.4, -0.2) is 43.7 Å². The quantitative estimate of drug-likeness (QED) is 0.677. The average molecular weight is 440 g/mol. The van der Waals surface area contributed by atoms with Gasteiger partial charge < -0.3 is 10.6 Å². The highest BCUT2D eigenvalue weighted by Gasteiger charge is 2.33. The predicted octanol–water partition coefficient (Wildman–Crippen LogP) is 2.58. The van der Waals surface area contributed by atoms with Crippen molar-refractivity contribution >= 4 is 38.9 Å². The van der Waals surface area contributed by atoms with Gasteiger partial charge in [0.05, 0.1) is 0 Å². The maximum absolute atomic E-state index is 13.2. The van der Waals surface area contributed by atoms with Crippen molar-refractivity contribution in [2.75, 3.05) is 18.4 Å². The monoisotopic (exact) mass is 439 g/mol. The molecule has 0 aliphatic carbocycles. The number of piperidine rings is 1. The number of nitrogens with zero attached hydrogens (tertiary/aromatic N) is 1. The minimum absolute atomic E-state index is 0.163. The van der Waals surface area contributed by atoms with Gasteiger partial charge in [0, 0.05) is 24.8 Å². The molecule has 156 valence electrons. The molecule has 7 nitrogen and oxygen atoms in total. The van der Waals surface area contributed by atoms with E-state index in [2.05, 4.69) is 10.6 Å². The number of hydrogen-bond acceptors (Lipinski definition) is 5. The van der Waals surface area contributed by atoms with Crippen LogP contribution in [0.4, 0.5) is 10.1 Å². The van der Waals surface area contributed by atoms with Gasteiger partial charge in [0.25, 0.3) is 10.0 Å². The standard InChI is InChI=1S/C19H22FN3O4S2/c20-14-5-3-6-15(13-14)22-19(25)18(24)21-10-9-16-7-1-2-11-23(16)29(26,27)17-8-4-12-28-17/h3-6,8,12-13,16H,1-2,7,9-11H2,(H,21,24)(H,22,25)/t16-/m1/s1. The molecule has 0 bridgehead atoms. The van der Waals surface area contributed by atoms with Gasteiger partial charge >= 0.3 is 11.8 Å². The molecule has 0 radical (unpaired) electrons. The average Bonchev–Trinajstić information content (AvgIpc) is 3.24. The molecule has 2 aromatic rings. The number of nitrogens with one attached hydrogen (secondary N) is 2. The number of hydrogen-bond donors (Lipinski definition) is 2. The maximum Gasteiger partial charge on any atom is 0.313 e. The van der Waals surface area contributed by atoms with Gasteiger partial charge in [-0.25, -0.2) is 12.8 Å². The van der Waals surface area contributed by atoms with Gasteiger partial charge in [-0.2, -0.15) is 4.31 Å². The van der Waals surface area contributed by atoms with E-state index in [0.29, 0.717) is 23.6 Å².